The summed E-state index contributed by atoms with van der Waals surface area (Å²) in [5.74, 6) is -0.366. The van der Waals surface area contributed by atoms with Gasteiger partial charge in [0.15, 0.2) is 0 Å². The summed E-state index contributed by atoms with van der Waals surface area (Å²) in [6, 6.07) is 6.81. The van der Waals surface area contributed by atoms with Gasteiger partial charge in [-0.15, -0.1) is 0 Å². The molecule has 1 aliphatic heterocycles. The lowest BCUT2D eigenvalue weighted by atomic mass is 9.88. The number of carboxylic acids is 1. The highest BCUT2D eigenvalue weighted by Gasteiger charge is 2.24. The third kappa shape index (κ3) is 2.87. The van der Waals surface area contributed by atoms with Gasteiger partial charge in [0.05, 0.1) is 0 Å². The maximum Gasteiger partial charge on any atom is 0.328 e. The molecule has 1 atom stereocenters. The molecule has 1 heterocycles. The van der Waals surface area contributed by atoms with Gasteiger partial charge in [-0.25, -0.2) is 4.79 Å². The molecule has 1 aromatic carbocycles. The van der Waals surface area contributed by atoms with Crippen LogP contribution in [0.15, 0.2) is 24.3 Å². The van der Waals surface area contributed by atoms with E-state index in [1.54, 1.807) is 0 Å². The van der Waals surface area contributed by atoms with Crippen LogP contribution in [-0.4, -0.2) is 23.7 Å². The van der Waals surface area contributed by atoms with Gasteiger partial charge in [0.1, 0.15) is 0 Å². The second-order valence-corrected chi connectivity index (χ2v) is 5.92. The number of hydrogen-bond acceptors (Lipinski definition) is 2. The number of rotatable bonds is 3. The lowest BCUT2D eigenvalue weighted by Crippen LogP contribution is -2.36. The smallest absolute Gasteiger partial charge is 0.328 e. The molecule has 1 N–H and O–H groups in total. The van der Waals surface area contributed by atoms with Crippen molar-refractivity contribution in [1.82, 2.24) is 0 Å². The summed E-state index contributed by atoms with van der Waals surface area (Å²) in [6.45, 7) is 9.61. The van der Waals surface area contributed by atoms with E-state index in [1.807, 2.05) is 13.0 Å². The molecular formula is C17H23NO2. The van der Waals surface area contributed by atoms with E-state index in [-0.39, 0.29) is 0 Å². The van der Waals surface area contributed by atoms with Crippen LogP contribution in [-0.2, 0) is 4.79 Å². The second-order valence-electron chi connectivity index (χ2n) is 5.92. The summed E-state index contributed by atoms with van der Waals surface area (Å²) in [6.07, 6.45) is 2.42. The summed E-state index contributed by atoms with van der Waals surface area (Å²) in [7, 11) is 0. The molecule has 0 spiro atoms. The van der Waals surface area contributed by atoms with E-state index in [1.165, 1.54) is 17.3 Å². The van der Waals surface area contributed by atoms with Gasteiger partial charge < -0.3 is 10.0 Å². The number of hydrogen-bond donors (Lipinski definition) is 1. The zero-order valence-electron chi connectivity index (χ0n) is 12.7. The van der Waals surface area contributed by atoms with E-state index in [2.05, 4.69) is 37.8 Å². The van der Waals surface area contributed by atoms with E-state index in [9.17, 15) is 4.79 Å². The van der Waals surface area contributed by atoms with E-state index >= 15 is 0 Å². The van der Waals surface area contributed by atoms with Crippen LogP contribution < -0.4 is 4.90 Å². The Bertz CT molecular complexity index is 546. The highest BCUT2D eigenvalue weighted by Crippen LogP contribution is 2.37. The molecule has 0 amide bonds. The fraction of sp³-hybridized carbons (Fsp3) is 0.471. The lowest BCUT2D eigenvalue weighted by molar-refractivity contribution is -0.131. The topological polar surface area (TPSA) is 40.5 Å². The van der Waals surface area contributed by atoms with Crippen molar-refractivity contribution >= 4 is 17.2 Å². The predicted octanol–water partition coefficient (Wildman–Crippen LogP) is 3.90. The molecule has 3 heteroatoms. The van der Waals surface area contributed by atoms with Gasteiger partial charge in [0.2, 0.25) is 0 Å². The van der Waals surface area contributed by atoms with Crippen molar-refractivity contribution < 1.29 is 9.90 Å². The SMILES string of the molecule is C/C(=C\C(=O)O)c1ccc2c(c1)C(C)CCN2C(C)C. The molecule has 0 saturated heterocycles. The highest BCUT2D eigenvalue weighted by atomic mass is 16.4. The van der Waals surface area contributed by atoms with Crippen molar-refractivity contribution in [2.24, 2.45) is 0 Å². The predicted molar refractivity (Wildman–Crippen MR) is 83.2 cm³/mol. The minimum Gasteiger partial charge on any atom is -0.478 e. The number of anilines is 1. The number of benzene rings is 1. The summed E-state index contributed by atoms with van der Waals surface area (Å²) >= 11 is 0. The molecule has 1 aliphatic rings. The minimum absolute atomic E-state index is 0.489. The number of aliphatic carboxylic acids is 1. The van der Waals surface area contributed by atoms with E-state index in [4.69, 9.17) is 5.11 Å². The summed E-state index contributed by atoms with van der Waals surface area (Å²) in [5.41, 5.74) is 4.43. The van der Waals surface area contributed by atoms with E-state index in [0.717, 1.165) is 24.1 Å². The van der Waals surface area contributed by atoms with Crippen LogP contribution >= 0.6 is 0 Å². The van der Waals surface area contributed by atoms with Gasteiger partial charge in [-0.2, -0.15) is 0 Å². The van der Waals surface area contributed by atoms with Crippen LogP contribution in [0.5, 0.6) is 0 Å². The number of allylic oxidation sites excluding steroid dienone is 1. The quantitative estimate of drug-likeness (QED) is 0.849. The second kappa shape index (κ2) is 5.70. The van der Waals surface area contributed by atoms with Crippen LogP contribution in [0, 0.1) is 0 Å². The van der Waals surface area contributed by atoms with Crippen molar-refractivity contribution in [3.8, 4) is 0 Å². The molecule has 20 heavy (non-hydrogen) atoms. The van der Waals surface area contributed by atoms with Crippen LogP contribution in [0.2, 0.25) is 0 Å². The zero-order valence-corrected chi connectivity index (χ0v) is 12.7. The largest absolute Gasteiger partial charge is 0.478 e. The standard InChI is InChI=1S/C17H23NO2/c1-11(2)18-8-7-12(3)15-10-14(5-6-16(15)18)13(4)9-17(19)20/h5-6,9-12H,7-8H2,1-4H3,(H,19,20)/b13-9+. The summed E-state index contributed by atoms with van der Waals surface area (Å²) in [4.78, 5) is 13.2. The molecule has 0 bridgehead atoms. The molecule has 0 radical (unpaired) electrons. The van der Waals surface area contributed by atoms with Crippen LogP contribution in [0.3, 0.4) is 0 Å². The normalized spacial score (nSPS) is 19.1. The molecule has 1 aromatic rings. The Balaban J connectivity index is 2.44. The minimum atomic E-state index is -0.892. The van der Waals surface area contributed by atoms with E-state index < -0.39 is 5.97 Å². The maximum absolute atomic E-state index is 10.8. The molecule has 108 valence electrons. The van der Waals surface area contributed by atoms with Gasteiger partial charge >= 0.3 is 5.97 Å². The maximum atomic E-state index is 10.8. The van der Waals surface area contributed by atoms with Crippen molar-refractivity contribution in [1.29, 1.82) is 0 Å². The lowest BCUT2D eigenvalue weighted by Gasteiger charge is -2.37. The summed E-state index contributed by atoms with van der Waals surface area (Å²) in [5, 5.41) is 8.87. The van der Waals surface area contributed by atoms with Gasteiger partial charge in [0, 0.05) is 24.4 Å². The molecular weight excluding hydrogens is 250 g/mol. The highest BCUT2D eigenvalue weighted by molar-refractivity contribution is 5.89. The average molecular weight is 273 g/mol. The third-order valence-corrected chi connectivity index (χ3v) is 4.09. The van der Waals surface area contributed by atoms with Crippen LogP contribution in [0.4, 0.5) is 5.69 Å². The van der Waals surface area contributed by atoms with Gasteiger partial charge in [0.25, 0.3) is 0 Å². The summed E-state index contributed by atoms with van der Waals surface area (Å²) < 4.78 is 0. The van der Waals surface area contributed by atoms with Crippen molar-refractivity contribution in [2.45, 2.75) is 46.1 Å². The number of carboxylic acid groups (broad SMARTS) is 1. The molecule has 1 unspecified atom stereocenters. The molecule has 0 saturated carbocycles. The molecule has 0 aliphatic carbocycles. The Morgan fingerprint density at radius 1 is 1.45 bits per heavy atom. The number of fused-ring (bicyclic) bond motifs is 1. The molecule has 0 aromatic heterocycles. The Kier molecular flexibility index (Phi) is 4.17. The molecule has 2 rings (SSSR count). The zero-order chi connectivity index (χ0) is 14.9. The molecule has 0 fully saturated rings. The van der Waals surface area contributed by atoms with Crippen LogP contribution in [0.25, 0.3) is 5.57 Å². The van der Waals surface area contributed by atoms with Crippen molar-refractivity contribution in [3.05, 3.63) is 35.4 Å². The monoisotopic (exact) mass is 273 g/mol. The fourth-order valence-electron chi connectivity index (χ4n) is 2.87. The Morgan fingerprint density at radius 2 is 2.15 bits per heavy atom. The first-order valence-electron chi connectivity index (χ1n) is 7.22. The Labute approximate surface area is 120 Å². The first-order valence-corrected chi connectivity index (χ1v) is 7.22. The first-order chi connectivity index (χ1) is 9.40. The third-order valence-electron chi connectivity index (χ3n) is 4.09. The fourth-order valence-corrected chi connectivity index (χ4v) is 2.87. The van der Waals surface area contributed by atoms with E-state index in [0.29, 0.717) is 12.0 Å². The number of nitrogens with zero attached hydrogens (tertiary/aromatic N) is 1. The van der Waals surface area contributed by atoms with Crippen molar-refractivity contribution in [3.63, 3.8) is 0 Å². The van der Waals surface area contributed by atoms with Gasteiger partial charge in [-0.3, -0.25) is 0 Å². The Morgan fingerprint density at radius 3 is 2.75 bits per heavy atom. The van der Waals surface area contributed by atoms with Crippen molar-refractivity contribution in [2.75, 3.05) is 11.4 Å². The first kappa shape index (κ1) is 14.6. The van der Waals surface area contributed by atoms with Gasteiger partial charge in [-0.1, -0.05) is 13.0 Å². The van der Waals surface area contributed by atoms with Gasteiger partial charge in [-0.05, 0) is 61.9 Å². The average Bonchev–Trinajstić information content (AvgIpc) is 2.37. The molecule has 3 nitrogen and oxygen atoms in total. The Hall–Kier alpha value is -1.77. The van der Waals surface area contributed by atoms with Crippen LogP contribution in [0.1, 0.15) is 51.2 Å². The number of carbonyl (C=O) groups is 1.